The smallest absolute Gasteiger partial charge is 0.224 e. The van der Waals surface area contributed by atoms with Crippen molar-refractivity contribution in [2.75, 3.05) is 24.5 Å². The molecule has 2 aromatic rings. The largest absolute Gasteiger partial charge is 0.386 e. The summed E-state index contributed by atoms with van der Waals surface area (Å²) in [5.74, 6) is 0.698. The van der Waals surface area contributed by atoms with Gasteiger partial charge in [-0.1, -0.05) is 6.07 Å². The highest BCUT2D eigenvalue weighted by molar-refractivity contribution is 5.78. The number of carbonyl (C=O) groups excluding carboxylic acids is 1. The van der Waals surface area contributed by atoms with Crippen LogP contribution in [0.2, 0.25) is 0 Å². The minimum absolute atomic E-state index is 0.114. The summed E-state index contributed by atoms with van der Waals surface area (Å²) >= 11 is 0. The van der Waals surface area contributed by atoms with Crippen molar-refractivity contribution in [1.82, 2.24) is 20.3 Å². The van der Waals surface area contributed by atoms with Gasteiger partial charge in [-0.3, -0.25) is 9.78 Å². The normalized spacial score (nSPS) is 20.3. The molecule has 0 spiro atoms. The van der Waals surface area contributed by atoms with Crippen LogP contribution >= 0.6 is 0 Å². The molecule has 0 bridgehead atoms. The van der Waals surface area contributed by atoms with Gasteiger partial charge in [-0.05, 0) is 31.4 Å². The second-order valence-corrected chi connectivity index (χ2v) is 6.58. The first-order valence-electron chi connectivity index (χ1n) is 8.46. The van der Waals surface area contributed by atoms with Crippen LogP contribution < -0.4 is 10.2 Å². The molecule has 1 atom stereocenters. The number of nitrogens with one attached hydrogen (secondary N) is 1. The maximum atomic E-state index is 12.1. The zero-order valence-corrected chi connectivity index (χ0v) is 14.4. The van der Waals surface area contributed by atoms with E-state index >= 15 is 0 Å². The van der Waals surface area contributed by atoms with Gasteiger partial charge in [0.2, 0.25) is 5.91 Å². The van der Waals surface area contributed by atoms with Crippen LogP contribution in [0, 0.1) is 6.92 Å². The van der Waals surface area contributed by atoms with Crippen LogP contribution in [0.4, 0.5) is 5.82 Å². The predicted octanol–water partition coefficient (Wildman–Crippen LogP) is 0.870. The molecule has 0 aromatic carbocycles. The molecular formula is C18H23N5O2. The van der Waals surface area contributed by atoms with E-state index in [-0.39, 0.29) is 18.9 Å². The van der Waals surface area contributed by atoms with E-state index in [9.17, 15) is 9.90 Å². The molecule has 1 aliphatic heterocycles. The van der Waals surface area contributed by atoms with Crippen LogP contribution in [0.5, 0.6) is 0 Å². The summed E-state index contributed by atoms with van der Waals surface area (Å²) in [7, 11) is 0. The van der Waals surface area contributed by atoms with Crippen LogP contribution in [0.1, 0.15) is 24.1 Å². The van der Waals surface area contributed by atoms with Crippen LogP contribution in [-0.4, -0.2) is 51.2 Å². The van der Waals surface area contributed by atoms with Gasteiger partial charge in [0, 0.05) is 43.8 Å². The standard InChI is InChI=1S/C18H23N5O2/c1-14-8-16(22-13-21-14)23-7-3-5-18(25,12-23)11-20-17(24)9-15-4-2-6-19-10-15/h2,4,6,8,10,13,25H,3,5,7,9,11-12H2,1H3,(H,20,24). The van der Waals surface area contributed by atoms with Gasteiger partial charge in [-0.15, -0.1) is 0 Å². The van der Waals surface area contributed by atoms with Crippen molar-refractivity contribution in [3.63, 3.8) is 0 Å². The topological polar surface area (TPSA) is 91.2 Å². The number of pyridine rings is 1. The maximum Gasteiger partial charge on any atom is 0.224 e. The Hall–Kier alpha value is -2.54. The van der Waals surface area contributed by atoms with Gasteiger partial charge in [-0.25, -0.2) is 9.97 Å². The lowest BCUT2D eigenvalue weighted by Gasteiger charge is -2.39. The lowest BCUT2D eigenvalue weighted by molar-refractivity contribution is -0.121. The molecule has 0 saturated carbocycles. The fourth-order valence-electron chi connectivity index (χ4n) is 3.08. The summed E-state index contributed by atoms with van der Waals surface area (Å²) in [6.45, 7) is 3.42. The van der Waals surface area contributed by atoms with E-state index in [1.807, 2.05) is 24.0 Å². The quantitative estimate of drug-likeness (QED) is 0.838. The Labute approximate surface area is 147 Å². The Balaban J connectivity index is 1.56. The highest BCUT2D eigenvalue weighted by Crippen LogP contribution is 2.24. The lowest BCUT2D eigenvalue weighted by atomic mass is 9.92. The Morgan fingerprint density at radius 2 is 2.32 bits per heavy atom. The third-order valence-corrected chi connectivity index (χ3v) is 4.37. The first-order chi connectivity index (χ1) is 12.0. The monoisotopic (exact) mass is 341 g/mol. The number of anilines is 1. The van der Waals surface area contributed by atoms with E-state index in [2.05, 4.69) is 20.3 Å². The summed E-state index contributed by atoms with van der Waals surface area (Å²) in [5, 5.41) is 13.7. The third kappa shape index (κ3) is 4.73. The minimum atomic E-state index is -0.957. The van der Waals surface area contributed by atoms with Gasteiger partial charge in [0.25, 0.3) is 0 Å². The van der Waals surface area contributed by atoms with Crippen molar-refractivity contribution < 1.29 is 9.90 Å². The zero-order valence-electron chi connectivity index (χ0n) is 14.4. The highest BCUT2D eigenvalue weighted by atomic mass is 16.3. The molecule has 3 rings (SSSR count). The number of piperidine rings is 1. The SMILES string of the molecule is Cc1cc(N2CCCC(O)(CNC(=O)Cc3cccnc3)C2)ncn1. The molecule has 1 amide bonds. The number of hydrogen-bond acceptors (Lipinski definition) is 6. The van der Waals surface area contributed by atoms with Crippen LogP contribution in [0.3, 0.4) is 0 Å². The van der Waals surface area contributed by atoms with E-state index in [1.54, 1.807) is 18.5 Å². The summed E-state index contributed by atoms with van der Waals surface area (Å²) in [4.78, 5) is 26.6. The van der Waals surface area contributed by atoms with Crippen LogP contribution in [0.15, 0.2) is 36.9 Å². The number of aryl methyl sites for hydroxylation is 1. The van der Waals surface area contributed by atoms with E-state index in [0.29, 0.717) is 13.0 Å². The Morgan fingerprint density at radius 3 is 3.08 bits per heavy atom. The van der Waals surface area contributed by atoms with Crippen molar-refractivity contribution in [2.24, 2.45) is 0 Å². The fourth-order valence-corrected chi connectivity index (χ4v) is 3.08. The van der Waals surface area contributed by atoms with Gasteiger partial charge in [-0.2, -0.15) is 0 Å². The molecular weight excluding hydrogens is 318 g/mol. The number of aromatic nitrogens is 3. The van der Waals surface area contributed by atoms with Gasteiger partial charge in [0.05, 0.1) is 12.0 Å². The van der Waals surface area contributed by atoms with Gasteiger partial charge < -0.3 is 15.3 Å². The van der Waals surface area contributed by atoms with E-state index in [0.717, 1.165) is 30.0 Å². The van der Waals surface area contributed by atoms with Gasteiger partial charge in [0.15, 0.2) is 0 Å². The van der Waals surface area contributed by atoms with Crippen LogP contribution in [-0.2, 0) is 11.2 Å². The summed E-state index contributed by atoms with van der Waals surface area (Å²) in [6.07, 6.45) is 6.65. The number of carbonyl (C=O) groups is 1. The lowest BCUT2D eigenvalue weighted by Crippen LogP contribution is -2.54. The highest BCUT2D eigenvalue weighted by Gasteiger charge is 2.34. The van der Waals surface area contributed by atoms with Crippen molar-refractivity contribution in [1.29, 1.82) is 0 Å². The molecule has 1 unspecified atom stereocenters. The number of nitrogens with zero attached hydrogens (tertiary/aromatic N) is 4. The average Bonchev–Trinajstić information content (AvgIpc) is 2.61. The number of aliphatic hydroxyl groups is 1. The molecule has 1 fully saturated rings. The van der Waals surface area contributed by atoms with Gasteiger partial charge in [0.1, 0.15) is 12.1 Å². The van der Waals surface area contributed by atoms with Crippen molar-refractivity contribution in [2.45, 2.75) is 31.8 Å². The molecule has 0 aliphatic carbocycles. The Morgan fingerprint density at radius 1 is 1.44 bits per heavy atom. The number of amides is 1. The fraction of sp³-hybridized carbons (Fsp3) is 0.444. The summed E-state index contributed by atoms with van der Waals surface area (Å²) in [6, 6.07) is 5.58. The molecule has 25 heavy (non-hydrogen) atoms. The second kappa shape index (κ2) is 7.57. The molecule has 7 nitrogen and oxygen atoms in total. The average molecular weight is 341 g/mol. The molecule has 7 heteroatoms. The Kier molecular flexibility index (Phi) is 5.23. The minimum Gasteiger partial charge on any atom is -0.386 e. The first kappa shape index (κ1) is 17.3. The van der Waals surface area contributed by atoms with Crippen molar-refractivity contribution in [3.8, 4) is 0 Å². The van der Waals surface area contributed by atoms with Crippen molar-refractivity contribution >= 4 is 11.7 Å². The van der Waals surface area contributed by atoms with E-state index in [1.165, 1.54) is 6.33 Å². The summed E-state index contributed by atoms with van der Waals surface area (Å²) < 4.78 is 0. The maximum absolute atomic E-state index is 12.1. The molecule has 2 N–H and O–H groups in total. The third-order valence-electron chi connectivity index (χ3n) is 4.37. The number of rotatable bonds is 5. The second-order valence-electron chi connectivity index (χ2n) is 6.58. The molecule has 3 heterocycles. The number of β-amino-alcohol motifs (C(OH)–C–C–N with tert-alkyl or cyclic N) is 1. The predicted molar refractivity (Wildman–Crippen MR) is 94.1 cm³/mol. The van der Waals surface area contributed by atoms with Gasteiger partial charge >= 0.3 is 0 Å². The molecule has 1 aliphatic rings. The number of hydrogen-bond donors (Lipinski definition) is 2. The zero-order chi connectivity index (χ0) is 17.7. The molecule has 2 aromatic heterocycles. The summed E-state index contributed by atoms with van der Waals surface area (Å²) in [5.41, 5.74) is 0.791. The van der Waals surface area contributed by atoms with Crippen molar-refractivity contribution in [3.05, 3.63) is 48.2 Å². The Bertz CT molecular complexity index is 724. The molecule has 1 saturated heterocycles. The molecule has 132 valence electrons. The molecule has 0 radical (unpaired) electrons. The first-order valence-corrected chi connectivity index (χ1v) is 8.46. The van der Waals surface area contributed by atoms with E-state index < -0.39 is 5.60 Å². The van der Waals surface area contributed by atoms with E-state index in [4.69, 9.17) is 0 Å². The van der Waals surface area contributed by atoms with Crippen LogP contribution in [0.25, 0.3) is 0 Å².